The van der Waals surface area contributed by atoms with Crippen LogP contribution in [0.1, 0.15) is 20.8 Å². The lowest BCUT2D eigenvalue weighted by Gasteiger charge is -2.17. The van der Waals surface area contributed by atoms with Gasteiger partial charge in [-0.2, -0.15) is 5.10 Å². The van der Waals surface area contributed by atoms with Gasteiger partial charge in [0.2, 0.25) is 5.95 Å². The summed E-state index contributed by atoms with van der Waals surface area (Å²) in [7, 11) is 0. The minimum absolute atomic E-state index is 0.290. The Kier molecular flexibility index (Phi) is 4.02. The van der Waals surface area contributed by atoms with E-state index in [1.807, 2.05) is 29.3 Å². The summed E-state index contributed by atoms with van der Waals surface area (Å²) in [6.45, 7) is 8.36. The molecule has 1 atom stereocenters. The van der Waals surface area contributed by atoms with Crippen molar-refractivity contribution in [3.05, 3.63) is 30.9 Å². The molecule has 5 heteroatoms. The fourth-order valence-electron chi connectivity index (χ4n) is 1.95. The van der Waals surface area contributed by atoms with Gasteiger partial charge in [-0.15, -0.1) is 0 Å². The molecule has 0 fully saturated rings. The third-order valence-corrected chi connectivity index (χ3v) is 2.67. The normalized spacial score (nSPS) is 12.9. The van der Waals surface area contributed by atoms with Crippen LogP contribution < -0.4 is 5.32 Å². The Balaban J connectivity index is 1.94. The van der Waals surface area contributed by atoms with Gasteiger partial charge in [0.1, 0.15) is 0 Å². The van der Waals surface area contributed by atoms with Gasteiger partial charge in [-0.3, -0.25) is 4.68 Å². The number of nitrogens with zero attached hydrogens (tertiary/aromatic N) is 4. The molecule has 0 spiro atoms. The highest BCUT2D eigenvalue weighted by Gasteiger charge is 2.08. The minimum atomic E-state index is 0.290. The summed E-state index contributed by atoms with van der Waals surface area (Å²) in [5.41, 5.74) is 0. The van der Waals surface area contributed by atoms with E-state index in [0.717, 1.165) is 19.0 Å². The lowest BCUT2D eigenvalue weighted by atomic mass is 10.2. The number of hydrogen-bond acceptors (Lipinski definition) is 3. The first-order valence-corrected chi connectivity index (χ1v) is 6.40. The standard InChI is InChI=1S/C13H21N5/c1-11(2)9-17-8-6-14-13(17)16-12(3)10-18-7-4-5-15-18/h4-8,11-12H,9-10H2,1-3H3,(H,14,16). The second-order valence-electron chi connectivity index (χ2n) is 5.07. The van der Waals surface area contributed by atoms with Crippen LogP contribution in [0.4, 0.5) is 5.95 Å². The molecule has 0 bridgehead atoms. The van der Waals surface area contributed by atoms with Crippen LogP contribution in [-0.4, -0.2) is 25.4 Å². The average molecular weight is 247 g/mol. The molecule has 0 aliphatic carbocycles. The van der Waals surface area contributed by atoms with Crippen molar-refractivity contribution in [1.82, 2.24) is 19.3 Å². The van der Waals surface area contributed by atoms with Gasteiger partial charge >= 0.3 is 0 Å². The Bertz CT molecular complexity index is 457. The van der Waals surface area contributed by atoms with E-state index in [1.54, 1.807) is 6.20 Å². The van der Waals surface area contributed by atoms with Gasteiger partial charge in [-0.1, -0.05) is 13.8 Å². The van der Waals surface area contributed by atoms with Crippen molar-refractivity contribution in [2.75, 3.05) is 5.32 Å². The SMILES string of the molecule is CC(C)Cn1ccnc1NC(C)Cn1cccn1. The van der Waals surface area contributed by atoms with Crippen molar-refractivity contribution >= 4 is 5.95 Å². The molecule has 1 unspecified atom stereocenters. The van der Waals surface area contributed by atoms with Crippen LogP contribution >= 0.6 is 0 Å². The summed E-state index contributed by atoms with van der Waals surface area (Å²) >= 11 is 0. The summed E-state index contributed by atoms with van der Waals surface area (Å²) in [6.07, 6.45) is 7.62. The molecule has 2 aromatic rings. The molecular weight excluding hydrogens is 226 g/mol. The summed E-state index contributed by atoms with van der Waals surface area (Å²) in [5.74, 6) is 1.55. The molecule has 0 saturated carbocycles. The average Bonchev–Trinajstić information content (AvgIpc) is 2.91. The van der Waals surface area contributed by atoms with Gasteiger partial charge in [0.25, 0.3) is 0 Å². The molecule has 2 aromatic heterocycles. The molecule has 0 amide bonds. The number of anilines is 1. The molecule has 1 N–H and O–H groups in total. The summed E-state index contributed by atoms with van der Waals surface area (Å²) < 4.78 is 4.08. The second-order valence-corrected chi connectivity index (χ2v) is 5.07. The lowest BCUT2D eigenvalue weighted by Crippen LogP contribution is -2.24. The van der Waals surface area contributed by atoms with Crippen molar-refractivity contribution in [3.63, 3.8) is 0 Å². The van der Waals surface area contributed by atoms with Crippen molar-refractivity contribution < 1.29 is 0 Å². The number of aromatic nitrogens is 4. The monoisotopic (exact) mass is 247 g/mol. The first-order chi connectivity index (χ1) is 8.65. The summed E-state index contributed by atoms with van der Waals surface area (Å²) in [4.78, 5) is 4.36. The first kappa shape index (κ1) is 12.7. The highest BCUT2D eigenvalue weighted by atomic mass is 15.3. The van der Waals surface area contributed by atoms with Crippen molar-refractivity contribution in [2.45, 2.75) is 39.9 Å². The van der Waals surface area contributed by atoms with E-state index in [0.29, 0.717) is 12.0 Å². The molecule has 5 nitrogen and oxygen atoms in total. The zero-order valence-corrected chi connectivity index (χ0v) is 11.2. The molecule has 0 aliphatic rings. The molecule has 18 heavy (non-hydrogen) atoms. The third kappa shape index (κ3) is 3.35. The molecule has 0 radical (unpaired) electrons. The van der Waals surface area contributed by atoms with E-state index in [9.17, 15) is 0 Å². The van der Waals surface area contributed by atoms with Crippen LogP contribution in [0, 0.1) is 5.92 Å². The van der Waals surface area contributed by atoms with Gasteiger partial charge in [-0.05, 0) is 18.9 Å². The van der Waals surface area contributed by atoms with E-state index >= 15 is 0 Å². The predicted octanol–water partition coefficient (Wildman–Crippen LogP) is 2.24. The Labute approximate surface area is 108 Å². The van der Waals surface area contributed by atoms with Crippen LogP contribution in [0.5, 0.6) is 0 Å². The largest absolute Gasteiger partial charge is 0.351 e. The topological polar surface area (TPSA) is 47.7 Å². The Morgan fingerprint density at radius 1 is 1.17 bits per heavy atom. The Morgan fingerprint density at radius 2 is 2.00 bits per heavy atom. The first-order valence-electron chi connectivity index (χ1n) is 6.40. The quantitative estimate of drug-likeness (QED) is 0.851. The highest BCUT2D eigenvalue weighted by molar-refractivity contribution is 5.27. The molecule has 2 rings (SSSR count). The molecule has 2 heterocycles. The van der Waals surface area contributed by atoms with Gasteiger partial charge < -0.3 is 9.88 Å². The second kappa shape index (κ2) is 5.71. The van der Waals surface area contributed by atoms with E-state index in [4.69, 9.17) is 0 Å². The van der Waals surface area contributed by atoms with Crippen LogP contribution in [0.15, 0.2) is 30.9 Å². The zero-order chi connectivity index (χ0) is 13.0. The molecule has 0 saturated heterocycles. The van der Waals surface area contributed by atoms with Crippen LogP contribution in [0.25, 0.3) is 0 Å². The third-order valence-electron chi connectivity index (χ3n) is 2.67. The smallest absolute Gasteiger partial charge is 0.203 e. The van der Waals surface area contributed by atoms with E-state index in [1.165, 1.54) is 0 Å². The van der Waals surface area contributed by atoms with Gasteiger partial charge in [-0.25, -0.2) is 4.98 Å². The van der Waals surface area contributed by atoms with Crippen LogP contribution in [-0.2, 0) is 13.1 Å². The van der Waals surface area contributed by atoms with Gasteiger partial charge in [0, 0.05) is 37.4 Å². The number of nitrogens with one attached hydrogen (secondary N) is 1. The van der Waals surface area contributed by atoms with E-state index in [2.05, 4.69) is 40.7 Å². The molecular formula is C13H21N5. The van der Waals surface area contributed by atoms with Crippen LogP contribution in [0.2, 0.25) is 0 Å². The van der Waals surface area contributed by atoms with Gasteiger partial charge in [0.05, 0.1) is 6.54 Å². The van der Waals surface area contributed by atoms with Crippen molar-refractivity contribution in [1.29, 1.82) is 0 Å². The predicted molar refractivity (Wildman–Crippen MR) is 72.4 cm³/mol. The fourth-order valence-corrected chi connectivity index (χ4v) is 1.95. The summed E-state index contributed by atoms with van der Waals surface area (Å²) in [5, 5.41) is 7.63. The lowest BCUT2D eigenvalue weighted by molar-refractivity contribution is 0.516. The number of hydrogen-bond donors (Lipinski definition) is 1. The number of imidazole rings is 1. The van der Waals surface area contributed by atoms with Gasteiger partial charge in [0.15, 0.2) is 0 Å². The number of rotatable bonds is 6. The molecule has 0 aromatic carbocycles. The highest BCUT2D eigenvalue weighted by Crippen LogP contribution is 2.10. The fraction of sp³-hybridized carbons (Fsp3) is 0.538. The Morgan fingerprint density at radius 3 is 2.67 bits per heavy atom. The minimum Gasteiger partial charge on any atom is -0.351 e. The maximum absolute atomic E-state index is 4.36. The maximum Gasteiger partial charge on any atom is 0.203 e. The zero-order valence-electron chi connectivity index (χ0n) is 11.2. The summed E-state index contributed by atoms with van der Waals surface area (Å²) in [6, 6.07) is 2.23. The van der Waals surface area contributed by atoms with Crippen LogP contribution in [0.3, 0.4) is 0 Å². The van der Waals surface area contributed by atoms with E-state index < -0.39 is 0 Å². The van der Waals surface area contributed by atoms with Crippen molar-refractivity contribution in [3.8, 4) is 0 Å². The maximum atomic E-state index is 4.36. The Hall–Kier alpha value is -1.78. The van der Waals surface area contributed by atoms with E-state index in [-0.39, 0.29) is 0 Å². The van der Waals surface area contributed by atoms with Crippen molar-refractivity contribution in [2.24, 2.45) is 5.92 Å². The molecule has 0 aliphatic heterocycles. The molecule has 98 valence electrons.